The Bertz CT molecular complexity index is 1830. The van der Waals surface area contributed by atoms with Crippen molar-refractivity contribution in [1.29, 1.82) is 0 Å². The summed E-state index contributed by atoms with van der Waals surface area (Å²) < 4.78 is 2.36. The van der Waals surface area contributed by atoms with E-state index in [1.54, 1.807) is 0 Å². The highest BCUT2D eigenvalue weighted by atomic mass is 15.0. The van der Waals surface area contributed by atoms with Gasteiger partial charge in [-0.25, -0.2) is 0 Å². The Morgan fingerprint density at radius 1 is 0.650 bits per heavy atom. The van der Waals surface area contributed by atoms with Crippen LogP contribution in [0, 0.1) is 11.8 Å². The highest BCUT2D eigenvalue weighted by Crippen LogP contribution is 2.60. The van der Waals surface area contributed by atoms with Crippen molar-refractivity contribution in [2.45, 2.75) is 31.1 Å². The molecule has 0 radical (unpaired) electrons. The van der Waals surface area contributed by atoms with E-state index in [9.17, 15) is 0 Å². The van der Waals surface area contributed by atoms with Crippen molar-refractivity contribution >= 4 is 38.9 Å². The summed E-state index contributed by atoms with van der Waals surface area (Å²) in [7, 11) is 0. The third-order valence-corrected chi connectivity index (χ3v) is 9.65. The molecule has 3 heteroatoms. The smallest absolute Gasteiger partial charge is 0.0542 e. The summed E-state index contributed by atoms with van der Waals surface area (Å²) in [5.74, 6) is 1.55. The number of hydrogen-bond acceptors (Lipinski definition) is 2. The van der Waals surface area contributed by atoms with Gasteiger partial charge in [0.25, 0.3) is 0 Å². The second-order valence-electron chi connectivity index (χ2n) is 11.8. The van der Waals surface area contributed by atoms with Gasteiger partial charge in [-0.3, -0.25) is 0 Å². The first-order chi connectivity index (χ1) is 19.7. The van der Waals surface area contributed by atoms with Crippen molar-refractivity contribution in [3.63, 3.8) is 0 Å². The lowest BCUT2D eigenvalue weighted by molar-refractivity contribution is 0.320. The van der Waals surface area contributed by atoms with Gasteiger partial charge in [-0.05, 0) is 103 Å². The Morgan fingerprint density at radius 3 is 2.05 bits per heavy atom. The number of anilines is 3. The lowest BCUT2D eigenvalue weighted by Crippen LogP contribution is -2.34. The van der Waals surface area contributed by atoms with Crippen molar-refractivity contribution in [2.75, 3.05) is 11.1 Å². The number of hydrogen-bond donors (Lipinski definition) is 2. The number of para-hydroxylation sites is 2. The number of benzene rings is 5. The molecule has 3 atom stereocenters. The number of nitrogens with two attached hydrogens (primary N) is 1. The van der Waals surface area contributed by atoms with E-state index in [2.05, 4.69) is 131 Å². The number of aromatic nitrogens is 1. The fourth-order valence-corrected chi connectivity index (χ4v) is 7.91. The summed E-state index contributed by atoms with van der Waals surface area (Å²) in [5, 5.41) is 6.22. The number of rotatable bonds is 5. The average molecular weight is 520 g/mol. The fourth-order valence-electron chi connectivity index (χ4n) is 7.91. The van der Waals surface area contributed by atoms with Gasteiger partial charge in [0, 0.05) is 38.9 Å². The molecular weight excluding hydrogens is 486 g/mol. The summed E-state index contributed by atoms with van der Waals surface area (Å²) >= 11 is 0. The molecule has 2 bridgehead atoms. The summed E-state index contributed by atoms with van der Waals surface area (Å²) in [5.41, 5.74) is 15.7. The lowest BCUT2D eigenvalue weighted by atomic mass is 9.64. The van der Waals surface area contributed by atoms with Crippen molar-refractivity contribution in [3.8, 4) is 5.69 Å². The maximum atomic E-state index is 6.06. The molecule has 40 heavy (non-hydrogen) atoms. The zero-order valence-electron chi connectivity index (χ0n) is 22.6. The Balaban J connectivity index is 1.15. The van der Waals surface area contributed by atoms with E-state index in [1.165, 1.54) is 64.3 Å². The zero-order chi connectivity index (χ0) is 26.7. The maximum Gasteiger partial charge on any atom is 0.0542 e. The first-order valence-electron chi connectivity index (χ1n) is 14.5. The molecule has 6 aromatic rings. The number of nitrogen functional groups attached to an aromatic ring is 1. The first kappa shape index (κ1) is 23.4. The molecule has 3 unspecified atom stereocenters. The molecule has 1 aromatic heterocycles. The second kappa shape index (κ2) is 9.02. The number of fused-ring (bicyclic) bond motifs is 5. The molecular formula is C37H33N3. The summed E-state index contributed by atoms with van der Waals surface area (Å²) in [6.45, 7) is 0. The van der Waals surface area contributed by atoms with Crippen LogP contribution in [0.1, 0.15) is 36.8 Å². The quantitative estimate of drug-likeness (QED) is 0.223. The van der Waals surface area contributed by atoms with E-state index in [0.717, 1.165) is 23.0 Å². The monoisotopic (exact) mass is 519 g/mol. The van der Waals surface area contributed by atoms with Gasteiger partial charge >= 0.3 is 0 Å². The van der Waals surface area contributed by atoms with Crippen LogP contribution in [0.3, 0.4) is 0 Å². The van der Waals surface area contributed by atoms with Gasteiger partial charge in [0.15, 0.2) is 0 Å². The third-order valence-electron chi connectivity index (χ3n) is 9.65. The van der Waals surface area contributed by atoms with Gasteiger partial charge in [0.1, 0.15) is 0 Å². The van der Waals surface area contributed by atoms with Gasteiger partial charge in [-0.15, -0.1) is 0 Å². The molecule has 2 fully saturated rings. The molecule has 0 aliphatic heterocycles. The minimum Gasteiger partial charge on any atom is -0.399 e. The van der Waals surface area contributed by atoms with Crippen molar-refractivity contribution in [1.82, 2.24) is 4.57 Å². The largest absolute Gasteiger partial charge is 0.399 e. The predicted molar refractivity (Wildman–Crippen MR) is 168 cm³/mol. The van der Waals surface area contributed by atoms with Crippen LogP contribution in [0.2, 0.25) is 0 Å². The SMILES string of the molecule is Nc1ccc(C2(c3ccc(Nc4ccc5c(c4)c4ccccc4n5-c4ccccc4)cc3)CC3CCC2C3)cc1. The van der Waals surface area contributed by atoms with E-state index >= 15 is 0 Å². The molecule has 2 aliphatic carbocycles. The molecule has 0 spiro atoms. The molecule has 5 aromatic carbocycles. The Kier molecular flexibility index (Phi) is 5.28. The molecule has 3 N–H and O–H groups in total. The van der Waals surface area contributed by atoms with Crippen molar-refractivity contribution < 1.29 is 0 Å². The van der Waals surface area contributed by atoms with E-state index in [1.807, 2.05) is 0 Å². The van der Waals surface area contributed by atoms with Crippen molar-refractivity contribution in [2.24, 2.45) is 11.8 Å². The standard InChI is InChI=1S/C37H33N3/c38-29-16-12-26(13-17-29)37(24-25-10-11-28(37)22-25)27-14-18-30(19-15-27)39-31-20-21-36-34(23-31)33-8-4-5-9-35(33)40(36)32-6-2-1-3-7-32/h1-9,12-21,23,25,28,39H,10-11,22,24,38H2. The van der Waals surface area contributed by atoms with Gasteiger partial charge in [-0.1, -0.05) is 67.1 Å². The van der Waals surface area contributed by atoms with Gasteiger partial charge < -0.3 is 15.6 Å². The van der Waals surface area contributed by atoms with Crippen LogP contribution in [-0.2, 0) is 5.41 Å². The molecule has 0 amide bonds. The fraction of sp³-hybridized carbons (Fsp3) is 0.189. The highest BCUT2D eigenvalue weighted by molar-refractivity contribution is 6.10. The first-order valence-corrected chi connectivity index (χ1v) is 14.5. The minimum atomic E-state index is 0.104. The Hall–Kier alpha value is -4.50. The molecule has 0 saturated heterocycles. The second-order valence-corrected chi connectivity index (χ2v) is 11.8. The predicted octanol–water partition coefficient (Wildman–Crippen LogP) is 9.22. The van der Waals surface area contributed by atoms with E-state index in [-0.39, 0.29) is 5.41 Å². The Morgan fingerprint density at radius 2 is 1.32 bits per heavy atom. The van der Waals surface area contributed by atoms with Gasteiger partial charge in [-0.2, -0.15) is 0 Å². The van der Waals surface area contributed by atoms with Gasteiger partial charge in [0.05, 0.1) is 11.0 Å². The normalized spacial score (nSPS) is 21.8. The van der Waals surface area contributed by atoms with Crippen LogP contribution in [0.4, 0.5) is 17.1 Å². The molecule has 2 saturated carbocycles. The maximum absolute atomic E-state index is 6.06. The molecule has 196 valence electrons. The topological polar surface area (TPSA) is 43.0 Å². The van der Waals surface area contributed by atoms with Crippen LogP contribution < -0.4 is 11.1 Å². The van der Waals surface area contributed by atoms with Gasteiger partial charge in [0.2, 0.25) is 0 Å². The summed E-state index contributed by atoms with van der Waals surface area (Å²) in [6.07, 6.45) is 5.30. The summed E-state index contributed by atoms with van der Waals surface area (Å²) in [6, 6.07) is 43.9. The zero-order valence-corrected chi connectivity index (χ0v) is 22.6. The third kappa shape index (κ3) is 3.57. The number of nitrogens with one attached hydrogen (secondary N) is 1. The summed E-state index contributed by atoms with van der Waals surface area (Å²) in [4.78, 5) is 0. The van der Waals surface area contributed by atoms with Crippen LogP contribution in [0.15, 0.2) is 121 Å². The van der Waals surface area contributed by atoms with Crippen LogP contribution >= 0.6 is 0 Å². The van der Waals surface area contributed by atoms with Crippen LogP contribution in [0.25, 0.3) is 27.5 Å². The number of nitrogens with zero attached hydrogens (tertiary/aromatic N) is 1. The van der Waals surface area contributed by atoms with Crippen LogP contribution in [0.5, 0.6) is 0 Å². The Labute approximate surface area is 235 Å². The molecule has 1 heterocycles. The molecule has 3 nitrogen and oxygen atoms in total. The molecule has 8 rings (SSSR count). The van der Waals surface area contributed by atoms with E-state index in [0.29, 0.717) is 5.92 Å². The van der Waals surface area contributed by atoms with Crippen LogP contribution in [-0.4, -0.2) is 4.57 Å². The van der Waals surface area contributed by atoms with E-state index < -0.39 is 0 Å². The molecule has 2 aliphatic rings. The van der Waals surface area contributed by atoms with E-state index in [4.69, 9.17) is 5.73 Å². The van der Waals surface area contributed by atoms with Crippen molar-refractivity contribution in [3.05, 3.63) is 132 Å². The average Bonchev–Trinajstić information content (AvgIpc) is 3.71. The lowest BCUT2D eigenvalue weighted by Gasteiger charge is -2.39. The minimum absolute atomic E-state index is 0.104. The highest BCUT2D eigenvalue weighted by Gasteiger charge is 2.52.